The Kier molecular flexibility index (Phi) is 4.20. The van der Waals surface area contributed by atoms with Crippen molar-refractivity contribution >= 4 is 11.4 Å². The van der Waals surface area contributed by atoms with Gasteiger partial charge in [-0.2, -0.15) is 0 Å². The van der Waals surface area contributed by atoms with Crippen molar-refractivity contribution in [2.75, 3.05) is 13.2 Å². The first-order valence-corrected chi connectivity index (χ1v) is 8.74. The summed E-state index contributed by atoms with van der Waals surface area (Å²) in [6.45, 7) is 0.526. The second-order valence-electron chi connectivity index (χ2n) is 6.94. The number of benzene rings is 1. The largest absolute Gasteiger partial charge is 0.396 e. The fourth-order valence-corrected chi connectivity index (χ4v) is 3.43. The molecule has 0 spiro atoms. The lowest BCUT2D eigenvalue weighted by atomic mass is 9.69. The van der Waals surface area contributed by atoms with E-state index in [0.717, 1.165) is 24.8 Å². The molecule has 0 unspecified atom stereocenters. The van der Waals surface area contributed by atoms with Gasteiger partial charge in [-0.3, -0.25) is 9.20 Å². The number of carbonyl (C=O) groups is 1. The van der Waals surface area contributed by atoms with Gasteiger partial charge in [-0.1, -0.05) is 12.5 Å². The quantitative estimate of drug-likeness (QED) is 0.741. The summed E-state index contributed by atoms with van der Waals surface area (Å²) in [5, 5.41) is 12.5. The summed E-state index contributed by atoms with van der Waals surface area (Å²) >= 11 is 0. The maximum Gasteiger partial charge on any atom is 0.272 e. The third-order valence-corrected chi connectivity index (χ3v) is 5.24. The van der Waals surface area contributed by atoms with E-state index in [-0.39, 0.29) is 23.7 Å². The molecular formula is C20H20FN3O2. The van der Waals surface area contributed by atoms with Crippen molar-refractivity contribution in [2.45, 2.75) is 19.3 Å². The Balaban J connectivity index is 1.67. The van der Waals surface area contributed by atoms with Gasteiger partial charge in [-0.05, 0) is 49.2 Å². The molecule has 0 atom stereocenters. The van der Waals surface area contributed by atoms with Gasteiger partial charge in [-0.25, -0.2) is 9.37 Å². The first-order valence-electron chi connectivity index (χ1n) is 8.74. The third kappa shape index (κ3) is 2.86. The predicted molar refractivity (Wildman–Crippen MR) is 96.3 cm³/mol. The Hall–Kier alpha value is -2.73. The van der Waals surface area contributed by atoms with Crippen LogP contribution in [0.15, 0.2) is 48.7 Å². The van der Waals surface area contributed by atoms with Crippen LogP contribution in [0.4, 0.5) is 4.39 Å². The molecule has 1 aliphatic rings. The van der Waals surface area contributed by atoms with Crippen molar-refractivity contribution in [1.29, 1.82) is 0 Å². The number of pyridine rings is 1. The number of aliphatic hydroxyl groups excluding tert-OH is 1. The second kappa shape index (κ2) is 6.53. The van der Waals surface area contributed by atoms with Gasteiger partial charge in [0.15, 0.2) is 5.69 Å². The molecule has 2 N–H and O–H groups in total. The van der Waals surface area contributed by atoms with E-state index in [2.05, 4.69) is 10.3 Å². The molecule has 0 bridgehead atoms. The van der Waals surface area contributed by atoms with Gasteiger partial charge >= 0.3 is 0 Å². The molecular weight excluding hydrogens is 333 g/mol. The average Bonchev–Trinajstić information content (AvgIpc) is 3.01. The highest BCUT2D eigenvalue weighted by Crippen LogP contribution is 2.39. The molecule has 1 fully saturated rings. The van der Waals surface area contributed by atoms with Crippen LogP contribution in [-0.4, -0.2) is 33.6 Å². The van der Waals surface area contributed by atoms with Gasteiger partial charge in [0.05, 0.1) is 12.1 Å². The Labute approximate surface area is 150 Å². The maximum absolute atomic E-state index is 13.2. The minimum atomic E-state index is -0.317. The molecule has 6 heteroatoms. The van der Waals surface area contributed by atoms with E-state index in [1.54, 1.807) is 12.1 Å². The Bertz CT molecular complexity index is 940. The van der Waals surface area contributed by atoms with Crippen LogP contribution >= 0.6 is 0 Å². The molecule has 1 aromatic carbocycles. The maximum atomic E-state index is 13.2. The minimum absolute atomic E-state index is 0.0814. The number of hydrogen-bond donors (Lipinski definition) is 2. The zero-order valence-electron chi connectivity index (χ0n) is 14.3. The Morgan fingerprint density at radius 3 is 2.65 bits per heavy atom. The number of amides is 1. The summed E-state index contributed by atoms with van der Waals surface area (Å²) in [7, 11) is 0. The molecule has 2 heterocycles. The van der Waals surface area contributed by atoms with Crippen LogP contribution < -0.4 is 5.32 Å². The number of nitrogens with one attached hydrogen (secondary N) is 1. The number of halogens is 1. The van der Waals surface area contributed by atoms with E-state index in [1.165, 1.54) is 12.1 Å². The summed E-state index contributed by atoms with van der Waals surface area (Å²) in [4.78, 5) is 17.3. The van der Waals surface area contributed by atoms with Gasteiger partial charge in [-0.15, -0.1) is 0 Å². The first-order chi connectivity index (χ1) is 12.6. The molecule has 1 amide bonds. The molecule has 2 aromatic heterocycles. The number of aromatic nitrogens is 2. The number of nitrogens with zero attached hydrogens (tertiary/aromatic N) is 2. The minimum Gasteiger partial charge on any atom is -0.396 e. The normalized spacial score (nSPS) is 15.6. The van der Waals surface area contributed by atoms with Crippen LogP contribution in [0.2, 0.25) is 0 Å². The summed E-state index contributed by atoms with van der Waals surface area (Å²) in [6.07, 6.45) is 4.76. The number of carbonyl (C=O) groups excluding carboxylic acids is 1. The van der Waals surface area contributed by atoms with Crippen molar-refractivity contribution in [3.05, 3.63) is 60.2 Å². The summed E-state index contributed by atoms with van der Waals surface area (Å²) in [5.41, 5.74) is 1.57. The molecule has 0 radical (unpaired) electrons. The standard InChI is InChI=1S/C20H20FN3O2/c21-15-7-5-14(6-8-15)18-23-17(16-4-1-2-11-24(16)18)19(26)22-12-20(13-25)9-3-10-20/h1-2,4-8,11,25H,3,9-10,12-13H2,(H,22,26). The molecule has 1 saturated carbocycles. The van der Waals surface area contributed by atoms with Gasteiger partial charge < -0.3 is 10.4 Å². The third-order valence-electron chi connectivity index (χ3n) is 5.24. The lowest BCUT2D eigenvalue weighted by molar-refractivity contribution is 0.0428. The molecule has 134 valence electrons. The summed E-state index contributed by atoms with van der Waals surface area (Å²) < 4.78 is 15.0. The van der Waals surface area contributed by atoms with E-state index < -0.39 is 0 Å². The second-order valence-corrected chi connectivity index (χ2v) is 6.94. The van der Waals surface area contributed by atoms with E-state index >= 15 is 0 Å². The van der Waals surface area contributed by atoms with E-state index in [4.69, 9.17) is 0 Å². The van der Waals surface area contributed by atoms with Gasteiger partial charge in [0.2, 0.25) is 0 Å². The first kappa shape index (κ1) is 16.7. The number of aliphatic hydroxyl groups is 1. The molecule has 4 rings (SSSR count). The topological polar surface area (TPSA) is 66.6 Å². The van der Waals surface area contributed by atoms with Gasteiger partial charge in [0.25, 0.3) is 5.91 Å². The van der Waals surface area contributed by atoms with Crippen LogP contribution in [-0.2, 0) is 0 Å². The fourth-order valence-electron chi connectivity index (χ4n) is 3.43. The van der Waals surface area contributed by atoms with Crippen LogP contribution in [0.25, 0.3) is 16.9 Å². The van der Waals surface area contributed by atoms with E-state index in [0.29, 0.717) is 23.6 Å². The predicted octanol–water partition coefficient (Wildman–Crippen LogP) is 3.03. The highest BCUT2D eigenvalue weighted by molar-refractivity contribution is 6.00. The molecule has 0 saturated heterocycles. The van der Waals surface area contributed by atoms with Crippen molar-refractivity contribution in [1.82, 2.24) is 14.7 Å². The number of fused-ring (bicyclic) bond motifs is 1. The zero-order valence-corrected chi connectivity index (χ0v) is 14.3. The van der Waals surface area contributed by atoms with Crippen molar-refractivity contribution in [3.63, 3.8) is 0 Å². The number of rotatable bonds is 5. The summed E-state index contributed by atoms with van der Waals surface area (Å²) in [5.74, 6) is 0.00966. The lowest BCUT2D eigenvalue weighted by Gasteiger charge is -2.40. The SMILES string of the molecule is O=C(NCC1(CO)CCC1)c1nc(-c2ccc(F)cc2)n2ccccc12. The van der Waals surface area contributed by atoms with Gasteiger partial charge in [0.1, 0.15) is 11.6 Å². The van der Waals surface area contributed by atoms with Crippen molar-refractivity contribution in [2.24, 2.45) is 5.41 Å². The molecule has 26 heavy (non-hydrogen) atoms. The monoisotopic (exact) mass is 353 g/mol. The van der Waals surface area contributed by atoms with E-state index in [1.807, 2.05) is 28.8 Å². The fraction of sp³-hybridized carbons (Fsp3) is 0.300. The van der Waals surface area contributed by atoms with Crippen LogP contribution in [0.1, 0.15) is 29.8 Å². The van der Waals surface area contributed by atoms with Crippen LogP contribution in [0, 0.1) is 11.2 Å². The Morgan fingerprint density at radius 2 is 2.00 bits per heavy atom. The zero-order chi connectivity index (χ0) is 18.1. The van der Waals surface area contributed by atoms with Crippen LogP contribution in [0.5, 0.6) is 0 Å². The molecule has 1 aliphatic carbocycles. The summed E-state index contributed by atoms with van der Waals surface area (Å²) in [6, 6.07) is 11.6. The van der Waals surface area contributed by atoms with Gasteiger partial charge in [0, 0.05) is 23.7 Å². The highest BCUT2D eigenvalue weighted by atomic mass is 19.1. The van der Waals surface area contributed by atoms with Crippen molar-refractivity contribution in [3.8, 4) is 11.4 Å². The van der Waals surface area contributed by atoms with E-state index in [9.17, 15) is 14.3 Å². The number of imidazole rings is 1. The number of hydrogen-bond acceptors (Lipinski definition) is 3. The Morgan fingerprint density at radius 1 is 1.23 bits per heavy atom. The molecule has 0 aliphatic heterocycles. The smallest absolute Gasteiger partial charge is 0.272 e. The lowest BCUT2D eigenvalue weighted by Crippen LogP contribution is -2.44. The van der Waals surface area contributed by atoms with Crippen molar-refractivity contribution < 1.29 is 14.3 Å². The van der Waals surface area contributed by atoms with Crippen LogP contribution in [0.3, 0.4) is 0 Å². The molecule has 3 aromatic rings. The molecule has 5 nitrogen and oxygen atoms in total. The highest BCUT2D eigenvalue weighted by Gasteiger charge is 2.36. The average molecular weight is 353 g/mol.